The maximum Gasteiger partial charge on any atom is 0.316 e. The Morgan fingerprint density at radius 1 is 1.30 bits per heavy atom. The van der Waals surface area contributed by atoms with Crippen LogP contribution in [0.15, 0.2) is 63.4 Å². The molecule has 0 aromatic heterocycles. The highest BCUT2D eigenvalue weighted by Gasteiger charge is 2.81. The summed E-state index contributed by atoms with van der Waals surface area (Å²) < 4.78 is 5.58. The number of nitrogens with zero attached hydrogens (tertiary/aromatic N) is 2. The monoisotopic (exact) mass is 582 g/mol. The number of aliphatic hydroxyl groups excluding tert-OH is 1. The molecule has 7 atom stereocenters. The van der Waals surface area contributed by atoms with Crippen LogP contribution in [-0.4, -0.2) is 45.6 Å². The Kier molecular flexibility index (Phi) is 7.18. The highest BCUT2D eigenvalue weighted by molar-refractivity contribution is 8.00. The van der Waals surface area contributed by atoms with E-state index in [1.807, 2.05) is 38.1 Å². The predicted octanol–water partition coefficient (Wildman–Crippen LogP) is 4.79. The van der Waals surface area contributed by atoms with Crippen LogP contribution in [-0.2, 0) is 14.3 Å². The number of carbonyl (C=O) groups excluding carboxylic acids is 2. The molecule has 1 aromatic carbocycles. The number of esters is 1. The van der Waals surface area contributed by atoms with Gasteiger partial charge in [0.15, 0.2) is 0 Å². The van der Waals surface area contributed by atoms with E-state index in [4.69, 9.17) is 28.8 Å². The fourth-order valence-corrected chi connectivity index (χ4v) is 9.59. The van der Waals surface area contributed by atoms with Gasteiger partial charge in [-0.3, -0.25) is 9.59 Å². The van der Waals surface area contributed by atoms with E-state index in [2.05, 4.69) is 23.7 Å². The van der Waals surface area contributed by atoms with Crippen LogP contribution in [0.2, 0.25) is 0 Å². The zero-order valence-electron chi connectivity index (χ0n) is 23.2. The summed E-state index contributed by atoms with van der Waals surface area (Å²) in [5.41, 5.74) is 10.7. The second kappa shape index (κ2) is 9.98. The Hall–Kier alpha value is -2.72. The highest BCUT2D eigenvalue weighted by atomic mass is 32.2. The van der Waals surface area contributed by atoms with Crippen molar-refractivity contribution in [2.24, 2.45) is 49.8 Å². The molecule has 1 aromatic rings. The third kappa shape index (κ3) is 4.21. The molecule has 8 nitrogen and oxygen atoms in total. The third-order valence-corrected chi connectivity index (χ3v) is 11.9. The van der Waals surface area contributed by atoms with Crippen molar-refractivity contribution in [2.75, 3.05) is 5.75 Å². The van der Waals surface area contributed by atoms with E-state index < -0.39 is 21.7 Å². The first kappa shape index (κ1) is 28.8. The van der Waals surface area contributed by atoms with Crippen molar-refractivity contribution in [3.63, 3.8) is 0 Å². The lowest BCUT2D eigenvalue weighted by Crippen LogP contribution is -2.72. The Morgan fingerprint density at radius 3 is 2.65 bits per heavy atom. The lowest BCUT2D eigenvalue weighted by Gasteiger charge is -2.70. The third-order valence-electron chi connectivity index (χ3n) is 10.2. The van der Waals surface area contributed by atoms with E-state index in [0.717, 1.165) is 28.9 Å². The first-order valence-corrected chi connectivity index (χ1v) is 15.1. The summed E-state index contributed by atoms with van der Waals surface area (Å²) in [4.78, 5) is 27.6. The topological polar surface area (TPSA) is 140 Å². The number of benzene rings is 1. The van der Waals surface area contributed by atoms with Crippen molar-refractivity contribution in [3.8, 4) is 0 Å². The number of ether oxygens (including phenoxy) is 1. The van der Waals surface area contributed by atoms with Gasteiger partial charge in [-0.05, 0) is 68.2 Å². The number of ketones is 1. The van der Waals surface area contributed by atoms with Gasteiger partial charge in [0.2, 0.25) is 5.96 Å². The van der Waals surface area contributed by atoms with E-state index in [9.17, 15) is 14.7 Å². The van der Waals surface area contributed by atoms with Crippen LogP contribution in [0.5, 0.6) is 0 Å². The van der Waals surface area contributed by atoms with Crippen LogP contribution >= 0.6 is 24.4 Å². The second-order valence-corrected chi connectivity index (χ2v) is 14.1. The molecule has 2 bridgehead atoms. The van der Waals surface area contributed by atoms with Gasteiger partial charge in [0.1, 0.15) is 17.6 Å². The maximum atomic E-state index is 13.4. The van der Waals surface area contributed by atoms with Gasteiger partial charge in [-0.1, -0.05) is 25.1 Å². The second-order valence-electron chi connectivity index (χ2n) is 12.2. The normalized spacial score (nSPS) is 38.2. The highest BCUT2D eigenvalue weighted by Crippen LogP contribution is 2.81. The van der Waals surface area contributed by atoms with E-state index >= 15 is 0 Å². The predicted molar refractivity (Wildman–Crippen MR) is 161 cm³/mol. The molecule has 4 unspecified atom stereocenters. The Labute approximate surface area is 245 Å². The summed E-state index contributed by atoms with van der Waals surface area (Å²) in [6.07, 6.45) is 5.75. The Balaban J connectivity index is 1.38. The number of allylic oxidation sites excluding steroid dienone is 2. The lowest BCUT2D eigenvalue weighted by atomic mass is 9.33. The average molecular weight is 583 g/mol. The molecule has 40 heavy (non-hydrogen) atoms. The number of rotatable bonds is 7. The van der Waals surface area contributed by atoms with Gasteiger partial charge in [-0.2, -0.15) is 17.7 Å². The maximum absolute atomic E-state index is 13.4. The molecule has 214 valence electrons. The molecule has 0 heterocycles. The number of aliphatic hydroxyl groups is 1. The van der Waals surface area contributed by atoms with Crippen molar-refractivity contribution in [3.05, 3.63) is 53.8 Å². The minimum Gasteiger partial charge on any atom is -0.511 e. The van der Waals surface area contributed by atoms with Crippen LogP contribution in [0, 0.1) is 28.1 Å². The van der Waals surface area contributed by atoms with Crippen molar-refractivity contribution in [1.82, 2.24) is 0 Å². The molecule has 4 aliphatic rings. The number of guanidine groups is 1. The number of nitrogens with two attached hydrogens (primary N) is 2. The quantitative estimate of drug-likeness (QED) is 0.0689. The minimum absolute atomic E-state index is 0.0743. The number of thiol groups is 1. The molecule has 4 aliphatic carbocycles. The van der Waals surface area contributed by atoms with Gasteiger partial charge < -0.3 is 21.3 Å². The summed E-state index contributed by atoms with van der Waals surface area (Å²) in [6.45, 7) is 10.1. The van der Waals surface area contributed by atoms with Gasteiger partial charge in [0.25, 0.3) is 0 Å². The number of hydrogen-bond acceptors (Lipinski definition) is 8. The summed E-state index contributed by atoms with van der Waals surface area (Å²) in [5.74, 6) is 0.228. The molecular formula is C30H38N4O4S2. The standard InChI is InChI=1S/C30H38N4O4S2/c1-5-27(4)13-22(38-23(36)15-40-20-8-6-19(7-9-20)14-33-34-26(31)32)30(39)11-10-28-16-29(25(28)30,18(3)24(27)37)17(2)12-21(28)35/h5-9,14,17,22,25,37,39H,1,10-13,15-16H2,2-4H3,(H4,31,32,34)/b24-18?,33-14+/t17?,22-,25?,27-,28?,29?,30-/m1/s1. The van der Waals surface area contributed by atoms with Crippen LogP contribution in [0.25, 0.3) is 0 Å². The van der Waals surface area contributed by atoms with Crippen LogP contribution in [0.4, 0.5) is 0 Å². The van der Waals surface area contributed by atoms with Crippen LogP contribution in [0.3, 0.4) is 0 Å². The first-order chi connectivity index (χ1) is 18.8. The zero-order chi connectivity index (χ0) is 29.1. The molecule has 5 N–H and O–H groups in total. The largest absolute Gasteiger partial charge is 0.511 e. The fourth-order valence-electron chi connectivity index (χ4n) is 8.18. The summed E-state index contributed by atoms with van der Waals surface area (Å²) in [7, 11) is 0. The van der Waals surface area contributed by atoms with Crippen molar-refractivity contribution < 1.29 is 19.4 Å². The molecule has 0 saturated heterocycles. The van der Waals surface area contributed by atoms with Crippen molar-refractivity contribution >= 4 is 48.3 Å². The molecule has 3 saturated carbocycles. The number of thioether (sulfide) groups is 1. The van der Waals surface area contributed by atoms with E-state index in [1.165, 1.54) is 18.0 Å². The molecule has 2 spiro atoms. The Bertz CT molecular complexity index is 1340. The number of carbonyl (C=O) groups is 2. The lowest BCUT2D eigenvalue weighted by molar-refractivity contribution is -0.195. The molecule has 3 fully saturated rings. The van der Waals surface area contributed by atoms with E-state index in [1.54, 1.807) is 6.08 Å². The molecule has 0 radical (unpaired) electrons. The fraction of sp³-hybridized carbons (Fsp3) is 0.533. The van der Waals surface area contributed by atoms with Crippen molar-refractivity contribution in [1.29, 1.82) is 0 Å². The molecule has 10 heteroatoms. The first-order valence-electron chi connectivity index (χ1n) is 13.7. The summed E-state index contributed by atoms with van der Waals surface area (Å²) in [6, 6.07) is 7.49. The molecule has 0 amide bonds. The van der Waals surface area contributed by atoms with Gasteiger partial charge in [-0.15, -0.1) is 23.4 Å². The van der Waals surface area contributed by atoms with Crippen LogP contribution in [0.1, 0.15) is 58.4 Å². The molecule has 0 aliphatic heterocycles. The summed E-state index contributed by atoms with van der Waals surface area (Å²) in [5, 5.41) is 19.0. The van der Waals surface area contributed by atoms with Gasteiger partial charge in [-0.25, -0.2) is 0 Å². The van der Waals surface area contributed by atoms with E-state index in [0.29, 0.717) is 30.8 Å². The van der Waals surface area contributed by atoms with Gasteiger partial charge in [0, 0.05) is 34.0 Å². The molecular weight excluding hydrogens is 544 g/mol. The number of Topliss-reactive ketones (excluding diaryl/α,β-unsaturated/α-hetero) is 1. The van der Waals surface area contributed by atoms with Gasteiger partial charge >= 0.3 is 5.97 Å². The summed E-state index contributed by atoms with van der Waals surface area (Å²) >= 11 is 6.70. The zero-order valence-corrected chi connectivity index (χ0v) is 24.9. The SMILES string of the molecule is C=C[C@]1(C)C[C@@H](OC(=O)CSc2ccc(/C=N/N=C(N)N)cc2)[C@]2(S)CCC34CC(C(C)=C1O)(C(C)CC3=O)C42. The van der Waals surface area contributed by atoms with Gasteiger partial charge in [0.05, 0.1) is 16.7 Å². The average Bonchev–Trinajstić information content (AvgIpc) is 3.15. The molecule has 5 rings (SSSR count). The van der Waals surface area contributed by atoms with Crippen LogP contribution < -0.4 is 11.5 Å². The Morgan fingerprint density at radius 2 is 2.00 bits per heavy atom. The number of hydrogen-bond donors (Lipinski definition) is 4. The minimum atomic E-state index is -0.782. The van der Waals surface area contributed by atoms with Crippen molar-refractivity contribution in [2.45, 2.75) is 68.6 Å². The smallest absolute Gasteiger partial charge is 0.316 e. The van der Waals surface area contributed by atoms with E-state index in [-0.39, 0.29) is 34.9 Å².